The van der Waals surface area contributed by atoms with E-state index in [-0.39, 0.29) is 0 Å². The molecule has 5 nitrogen and oxygen atoms in total. The fourth-order valence-electron chi connectivity index (χ4n) is 11.3. The maximum atomic E-state index is 5.10. The minimum absolute atomic E-state index is 0.712. The Morgan fingerprint density at radius 1 is 0.268 bits per heavy atom. The van der Waals surface area contributed by atoms with Crippen molar-refractivity contribution in [1.29, 1.82) is 0 Å². The topological polar surface area (TPSA) is 40.6 Å². The molecule has 0 fully saturated rings. The van der Waals surface area contributed by atoms with E-state index in [0.717, 1.165) is 45.0 Å². The highest BCUT2D eigenvalue weighted by molar-refractivity contribution is 6.14. The Balaban J connectivity index is 0.919. The zero-order valence-corrected chi connectivity index (χ0v) is 39.3. The molecule has 0 aliphatic carbocycles. The maximum absolute atomic E-state index is 5.10. The van der Waals surface area contributed by atoms with Crippen molar-refractivity contribution in [2.24, 2.45) is 0 Å². The van der Waals surface area contributed by atoms with Crippen LogP contribution in [0.2, 0.25) is 0 Å². The van der Waals surface area contributed by atoms with Gasteiger partial charge in [-0.3, -0.25) is 0 Å². The molecule has 0 bridgehead atoms. The van der Waals surface area contributed by atoms with Crippen LogP contribution < -0.4 is 0 Å². The molecule has 14 aromatic rings. The Morgan fingerprint density at radius 3 is 1.08 bits per heavy atom. The molecule has 10 aromatic carbocycles. The van der Waals surface area contributed by atoms with Crippen molar-refractivity contribution < 1.29 is 0 Å². The van der Waals surface area contributed by atoms with Crippen LogP contribution >= 0.6 is 0 Å². The van der Waals surface area contributed by atoms with Crippen LogP contribution in [0.4, 0.5) is 0 Å². The molecular weight excluding hydrogens is 863 g/mol. The Morgan fingerprint density at radius 2 is 0.634 bits per heavy atom. The number of hydrogen-bond donors (Lipinski definition) is 0. The van der Waals surface area contributed by atoms with E-state index < -0.39 is 0 Å². The molecule has 0 saturated carbocycles. The first-order chi connectivity index (χ1) is 35.0. The Kier molecular flexibility index (Phi) is 9.26. The number of aromatic nitrogens is 5. The summed E-state index contributed by atoms with van der Waals surface area (Å²) in [7, 11) is 0. The van der Waals surface area contributed by atoms with Crippen LogP contribution in [0, 0.1) is 13.8 Å². The van der Waals surface area contributed by atoms with Crippen molar-refractivity contribution in [3.63, 3.8) is 0 Å². The first-order valence-electron chi connectivity index (χ1n) is 24.3. The van der Waals surface area contributed by atoms with Crippen LogP contribution in [0.5, 0.6) is 0 Å². The van der Waals surface area contributed by atoms with E-state index >= 15 is 0 Å². The summed E-state index contributed by atoms with van der Waals surface area (Å²) < 4.78 is 7.35. The van der Waals surface area contributed by atoms with Crippen molar-refractivity contribution in [2.75, 3.05) is 0 Å². The number of benzene rings is 10. The Hall–Kier alpha value is -9.32. The van der Waals surface area contributed by atoms with E-state index in [2.05, 4.69) is 240 Å². The second-order valence-electron chi connectivity index (χ2n) is 18.7. The average molecular weight is 908 g/mol. The van der Waals surface area contributed by atoms with Crippen molar-refractivity contribution in [3.8, 4) is 62.1 Å². The average Bonchev–Trinajstić information content (AvgIpc) is 4.06. The van der Waals surface area contributed by atoms with Gasteiger partial charge in [0.05, 0.1) is 50.2 Å². The summed E-state index contributed by atoms with van der Waals surface area (Å²) in [5.74, 6) is 0.712. The summed E-state index contributed by atoms with van der Waals surface area (Å²) in [6.07, 6.45) is 0. The van der Waals surface area contributed by atoms with Gasteiger partial charge in [0.2, 0.25) is 0 Å². The highest BCUT2D eigenvalue weighted by Gasteiger charge is 2.21. The molecule has 0 radical (unpaired) electrons. The predicted molar refractivity (Wildman–Crippen MR) is 296 cm³/mol. The fourth-order valence-corrected chi connectivity index (χ4v) is 11.3. The quantitative estimate of drug-likeness (QED) is 0.160. The number of fused-ring (bicyclic) bond motifs is 9. The highest BCUT2D eigenvalue weighted by Crippen LogP contribution is 2.41. The summed E-state index contributed by atoms with van der Waals surface area (Å²) in [5, 5.41) is 7.42. The fraction of sp³-hybridized carbons (Fsp3) is 0.0303. The molecule has 14 rings (SSSR count). The standard InChI is InChI=1S/C66H45N5/c1-42-37-48(44-29-31-46(32-30-44)58-41-57(45-17-5-3-6-18-45)67-66(68-58)47-19-7-4-8-20-47)38-43(2)65(42)71-63-35-33-49(69-59-25-13-9-21-51(59)52-22-10-14-26-60(52)69)39-55(63)56-40-50(34-36-64(56)71)70-61-27-15-11-23-53(61)54-24-12-16-28-62(54)70/h3-41H,1-2H3. The third-order valence-corrected chi connectivity index (χ3v) is 14.5. The molecule has 0 aliphatic rings. The predicted octanol–water partition coefficient (Wildman–Crippen LogP) is 17.1. The zero-order valence-electron chi connectivity index (χ0n) is 39.3. The van der Waals surface area contributed by atoms with Gasteiger partial charge in [0.1, 0.15) is 0 Å². The summed E-state index contributed by atoms with van der Waals surface area (Å²) in [6.45, 7) is 4.52. The second-order valence-corrected chi connectivity index (χ2v) is 18.7. The lowest BCUT2D eigenvalue weighted by atomic mass is 9.97. The molecule has 0 unspecified atom stereocenters. The monoisotopic (exact) mass is 907 g/mol. The van der Waals surface area contributed by atoms with Gasteiger partial charge in [-0.15, -0.1) is 0 Å². The highest BCUT2D eigenvalue weighted by atomic mass is 15.0. The van der Waals surface area contributed by atoms with E-state index in [9.17, 15) is 0 Å². The van der Waals surface area contributed by atoms with Crippen LogP contribution in [0.3, 0.4) is 0 Å². The Labute approximate surface area is 410 Å². The number of para-hydroxylation sites is 4. The van der Waals surface area contributed by atoms with Crippen LogP contribution in [0.15, 0.2) is 237 Å². The summed E-state index contributed by atoms with van der Waals surface area (Å²) in [5.41, 5.74) is 20.2. The minimum Gasteiger partial charge on any atom is -0.309 e. The molecule has 0 spiro atoms. The summed E-state index contributed by atoms with van der Waals surface area (Å²) in [6, 6.07) is 85.3. The van der Waals surface area contributed by atoms with Gasteiger partial charge in [0, 0.05) is 60.4 Å². The molecule has 334 valence electrons. The first-order valence-corrected chi connectivity index (χ1v) is 24.3. The smallest absolute Gasteiger partial charge is 0.160 e. The van der Waals surface area contributed by atoms with Gasteiger partial charge in [-0.1, -0.05) is 158 Å². The lowest BCUT2D eigenvalue weighted by Gasteiger charge is -2.17. The van der Waals surface area contributed by atoms with Gasteiger partial charge in [-0.25, -0.2) is 9.97 Å². The van der Waals surface area contributed by atoms with Gasteiger partial charge in [0.15, 0.2) is 5.82 Å². The normalized spacial score (nSPS) is 11.8. The first kappa shape index (κ1) is 40.7. The Bertz CT molecular complexity index is 4040. The lowest BCUT2D eigenvalue weighted by Crippen LogP contribution is -2.01. The molecule has 0 amide bonds. The molecule has 71 heavy (non-hydrogen) atoms. The minimum atomic E-state index is 0.712. The molecule has 4 heterocycles. The number of nitrogens with zero attached hydrogens (tertiary/aromatic N) is 5. The molecule has 0 N–H and O–H groups in total. The molecule has 0 saturated heterocycles. The number of rotatable bonds is 7. The summed E-state index contributed by atoms with van der Waals surface area (Å²) >= 11 is 0. The van der Waals surface area contributed by atoms with Crippen molar-refractivity contribution >= 4 is 65.4 Å². The van der Waals surface area contributed by atoms with Crippen LogP contribution in [0.25, 0.3) is 128 Å². The van der Waals surface area contributed by atoms with Gasteiger partial charge < -0.3 is 13.7 Å². The van der Waals surface area contributed by atoms with Gasteiger partial charge in [-0.05, 0) is 115 Å². The van der Waals surface area contributed by atoms with Crippen molar-refractivity contribution in [2.45, 2.75) is 13.8 Å². The van der Waals surface area contributed by atoms with Gasteiger partial charge >= 0.3 is 0 Å². The van der Waals surface area contributed by atoms with Crippen molar-refractivity contribution in [1.82, 2.24) is 23.7 Å². The third-order valence-electron chi connectivity index (χ3n) is 14.5. The van der Waals surface area contributed by atoms with Crippen molar-refractivity contribution in [3.05, 3.63) is 248 Å². The van der Waals surface area contributed by atoms with E-state index in [0.29, 0.717) is 5.82 Å². The molecule has 4 aromatic heterocycles. The lowest BCUT2D eigenvalue weighted by molar-refractivity contribution is 1.12. The van der Waals surface area contributed by atoms with E-state index in [4.69, 9.17) is 9.97 Å². The third kappa shape index (κ3) is 6.54. The molecular formula is C66H45N5. The van der Waals surface area contributed by atoms with E-state index in [1.54, 1.807) is 0 Å². The van der Waals surface area contributed by atoms with Gasteiger partial charge in [0.25, 0.3) is 0 Å². The second kappa shape index (κ2) is 16.2. The summed E-state index contributed by atoms with van der Waals surface area (Å²) in [4.78, 5) is 10.1. The number of aryl methyl sites for hydroxylation is 2. The molecule has 5 heteroatoms. The van der Waals surface area contributed by atoms with E-state index in [1.807, 2.05) is 24.3 Å². The number of hydrogen-bond acceptors (Lipinski definition) is 2. The molecule has 0 aliphatic heterocycles. The van der Waals surface area contributed by atoms with E-state index in [1.165, 1.54) is 87.8 Å². The largest absolute Gasteiger partial charge is 0.309 e. The van der Waals surface area contributed by atoms with Crippen LogP contribution in [-0.2, 0) is 0 Å². The van der Waals surface area contributed by atoms with Crippen LogP contribution in [0.1, 0.15) is 11.1 Å². The van der Waals surface area contributed by atoms with Gasteiger partial charge in [-0.2, -0.15) is 0 Å². The molecule has 0 atom stereocenters. The van der Waals surface area contributed by atoms with Crippen LogP contribution in [-0.4, -0.2) is 23.7 Å². The maximum Gasteiger partial charge on any atom is 0.160 e. The zero-order chi connectivity index (χ0) is 47.2. The SMILES string of the molecule is Cc1cc(-c2ccc(-c3cc(-c4ccccc4)nc(-c4ccccc4)n3)cc2)cc(C)c1-n1c2ccc(-n3c4ccccc4c4ccccc43)cc2c2cc(-n3c4ccccc4c4ccccc43)ccc21.